The van der Waals surface area contributed by atoms with Gasteiger partial charge in [0, 0.05) is 23.9 Å². The largest absolute Gasteiger partial charge is 0.274 e. The summed E-state index contributed by atoms with van der Waals surface area (Å²) in [5, 5.41) is 9.46. The molecule has 0 fully saturated rings. The molecule has 0 atom stereocenters. The van der Waals surface area contributed by atoms with Gasteiger partial charge in [-0.3, -0.25) is 4.57 Å². The first kappa shape index (κ1) is 19.3. The highest BCUT2D eigenvalue weighted by Gasteiger charge is 2.15. The van der Waals surface area contributed by atoms with Crippen LogP contribution in [0.1, 0.15) is 22.5 Å². The fourth-order valence-electron chi connectivity index (χ4n) is 3.16. The van der Waals surface area contributed by atoms with Crippen LogP contribution in [0.25, 0.3) is 5.69 Å². The summed E-state index contributed by atoms with van der Waals surface area (Å²) in [6.45, 7) is 2.03. The zero-order valence-electron chi connectivity index (χ0n) is 15.8. The minimum Gasteiger partial charge on any atom is -0.274 e. The summed E-state index contributed by atoms with van der Waals surface area (Å²) in [7, 11) is 0. The molecule has 0 bridgehead atoms. The molecule has 1 heterocycles. The minimum atomic E-state index is -0.578. The van der Waals surface area contributed by atoms with Crippen LogP contribution in [-0.2, 0) is 12.2 Å². The van der Waals surface area contributed by atoms with Gasteiger partial charge in [-0.25, -0.2) is 8.78 Å². The molecule has 0 spiro atoms. The van der Waals surface area contributed by atoms with E-state index in [1.54, 1.807) is 0 Å². The van der Waals surface area contributed by atoms with Crippen molar-refractivity contribution in [3.8, 4) is 5.69 Å². The number of halogens is 2. The minimum absolute atomic E-state index is 0.393. The third-order valence-corrected chi connectivity index (χ3v) is 5.46. The summed E-state index contributed by atoms with van der Waals surface area (Å²) in [5.74, 6) is 0.0509. The van der Waals surface area contributed by atoms with Crippen molar-refractivity contribution in [1.29, 1.82) is 0 Å². The maximum atomic E-state index is 13.5. The van der Waals surface area contributed by atoms with Crippen molar-refractivity contribution in [2.75, 3.05) is 0 Å². The number of benzene rings is 3. The molecule has 6 heteroatoms. The van der Waals surface area contributed by atoms with E-state index in [-0.39, 0.29) is 0 Å². The third-order valence-electron chi connectivity index (χ3n) is 4.46. The SMILES string of the molecule is Cc1cccc(-n2c(Cc3ccccc3)nnc2SCc2cc(F)cc(F)c2)c1. The van der Waals surface area contributed by atoms with Crippen LogP contribution in [0, 0.1) is 18.6 Å². The summed E-state index contributed by atoms with van der Waals surface area (Å²) in [6, 6.07) is 21.8. The average Bonchev–Trinajstić information content (AvgIpc) is 3.09. The Kier molecular flexibility index (Phi) is 5.71. The third kappa shape index (κ3) is 4.71. The van der Waals surface area contributed by atoms with E-state index in [9.17, 15) is 8.78 Å². The number of aryl methyl sites for hydroxylation is 1. The molecule has 146 valence electrons. The lowest BCUT2D eigenvalue weighted by Crippen LogP contribution is -2.04. The van der Waals surface area contributed by atoms with Crippen LogP contribution >= 0.6 is 11.8 Å². The summed E-state index contributed by atoms with van der Waals surface area (Å²) in [6.07, 6.45) is 0.636. The molecule has 0 aliphatic heterocycles. The number of aromatic nitrogens is 3. The predicted molar refractivity (Wildman–Crippen MR) is 111 cm³/mol. The average molecular weight is 407 g/mol. The van der Waals surface area contributed by atoms with Gasteiger partial charge < -0.3 is 0 Å². The van der Waals surface area contributed by atoms with E-state index in [0.717, 1.165) is 28.7 Å². The Bertz CT molecular complexity index is 1110. The molecular formula is C23H19F2N3S. The fraction of sp³-hybridized carbons (Fsp3) is 0.130. The van der Waals surface area contributed by atoms with E-state index in [2.05, 4.69) is 28.4 Å². The molecule has 0 saturated heterocycles. The summed E-state index contributed by atoms with van der Waals surface area (Å²) in [5.41, 5.74) is 3.80. The molecule has 0 amide bonds. The Hall–Kier alpha value is -2.99. The smallest absolute Gasteiger partial charge is 0.196 e. The zero-order chi connectivity index (χ0) is 20.2. The number of hydrogen-bond donors (Lipinski definition) is 0. The normalized spacial score (nSPS) is 11.0. The monoisotopic (exact) mass is 407 g/mol. The van der Waals surface area contributed by atoms with Crippen molar-refractivity contribution < 1.29 is 8.78 Å². The molecule has 3 nitrogen and oxygen atoms in total. The molecule has 29 heavy (non-hydrogen) atoms. The molecule has 0 saturated carbocycles. The van der Waals surface area contributed by atoms with E-state index in [0.29, 0.717) is 22.9 Å². The lowest BCUT2D eigenvalue weighted by molar-refractivity contribution is 0.581. The molecule has 4 aromatic rings. The van der Waals surface area contributed by atoms with Crippen LogP contribution in [0.3, 0.4) is 0 Å². The first-order valence-corrected chi connectivity index (χ1v) is 10.2. The number of rotatable bonds is 6. The van der Waals surface area contributed by atoms with Crippen molar-refractivity contribution in [2.24, 2.45) is 0 Å². The standard InChI is InChI=1S/C23H19F2N3S/c1-16-6-5-9-21(10-16)28-22(13-17-7-3-2-4-8-17)26-27-23(28)29-15-18-11-19(24)14-20(25)12-18/h2-12,14H,13,15H2,1H3. The molecule has 0 aliphatic carbocycles. The quantitative estimate of drug-likeness (QED) is 0.382. The second-order valence-corrected chi connectivity index (χ2v) is 7.74. The van der Waals surface area contributed by atoms with Crippen LogP contribution in [0.15, 0.2) is 78.0 Å². The van der Waals surface area contributed by atoms with Gasteiger partial charge >= 0.3 is 0 Å². The first-order valence-electron chi connectivity index (χ1n) is 9.21. The van der Waals surface area contributed by atoms with E-state index >= 15 is 0 Å². The van der Waals surface area contributed by atoms with Crippen LogP contribution in [0.4, 0.5) is 8.78 Å². The zero-order valence-corrected chi connectivity index (χ0v) is 16.7. The lowest BCUT2D eigenvalue weighted by atomic mass is 10.1. The highest BCUT2D eigenvalue weighted by atomic mass is 32.2. The number of nitrogens with zero attached hydrogens (tertiary/aromatic N) is 3. The molecule has 0 aliphatic rings. The Morgan fingerprint density at radius 1 is 0.828 bits per heavy atom. The van der Waals surface area contributed by atoms with Crippen molar-refractivity contribution in [2.45, 2.75) is 24.3 Å². The van der Waals surface area contributed by atoms with Crippen LogP contribution in [-0.4, -0.2) is 14.8 Å². The highest BCUT2D eigenvalue weighted by Crippen LogP contribution is 2.27. The van der Waals surface area contributed by atoms with Gasteiger partial charge in [0.1, 0.15) is 17.5 Å². The Morgan fingerprint density at radius 3 is 2.31 bits per heavy atom. The molecule has 0 N–H and O–H groups in total. The summed E-state index contributed by atoms with van der Waals surface area (Å²) < 4.78 is 29.0. The Morgan fingerprint density at radius 2 is 1.59 bits per heavy atom. The van der Waals surface area contributed by atoms with Crippen molar-refractivity contribution in [3.05, 3.63) is 107 Å². The highest BCUT2D eigenvalue weighted by molar-refractivity contribution is 7.98. The first-order chi connectivity index (χ1) is 14.1. The molecule has 0 unspecified atom stereocenters. The van der Waals surface area contributed by atoms with Crippen LogP contribution < -0.4 is 0 Å². The van der Waals surface area contributed by atoms with Crippen molar-refractivity contribution >= 4 is 11.8 Å². The van der Waals surface area contributed by atoms with Crippen LogP contribution in [0.5, 0.6) is 0 Å². The van der Waals surface area contributed by atoms with Gasteiger partial charge in [0.05, 0.1) is 0 Å². The second-order valence-electron chi connectivity index (χ2n) is 6.80. The lowest BCUT2D eigenvalue weighted by Gasteiger charge is -2.11. The van der Waals surface area contributed by atoms with Gasteiger partial charge in [-0.15, -0.1) is 10.2 Å². The van der Waals surface area contributed by atoms with Gasteiger partial charge in [0.2, 0.25) is 0 Å². The fourth-order valence-corrected chi connectivity index (χ4v) is 4.06. The van der Waals surface area contributed by atoms with Crippen molar-refractivity contribution in [3.63, 3.8) is 0 Å². The van der Waals surface area contributed by atoms with Gasteiger partial charge in [0.25, 0.3) is 0 Å². The molecule has 4 rings (SSSR count). The molecule has 0 radical (unpaired) electrons. The predicted octanol–water partition coefficient (Wildman–Crippen LogP) is 5.74. The molecule has 1 aromatic heterocycles. The topological polar surface area (TPSA) is 30.7 Å². The maximum absolute atomic E-state index is 13.5. The van der Waals surface area contributed by atoms with E-state index < -0.39 is 11.6 Å². The van der Waals surface area contributed by atoms with E-state index in [1.165, 1.54) is 23.9 Å². The molecular weight excluding hydrogens is 388 g/mol. The van der Waals surface area contributed by atoms with E-state index in [1.807, 2.05) is 47.9 Å². The second kappa shape index (κ2) is 8.57. The molecule has 3 aromatic carbocycles. The Balaban J connectivity index is 1.67. The van der Waals surface area contributed by atoms with Crippen molar-refractivity contribution in [1.82, 2.24) is 14.8 Å². The number of hydrogen-bond acceptors (Lipinski definition) is 3. The van der Waals surface area contributed by atoms with Gasteiger partial charge in [-0.05, 0) is 47.9 Å². The van der Waals surface area contributed by atoms with E-state index in [4.69, 9.17) is 0 Å². The van der Waals surface area contributed by atoms with Gasteiger partial charge in [-0.2, -0.15) is 0 Å². The summed E-state index contributed by atoms with van der Waals surface area (Å²) in [4.78, 5) is 0. The Labute approximate surface area is 172 Å². The van der Waals surface area contributed by atoms with Gasteiger partial charge in [-0.1, -0.05) is 54.2 Å². The number of thioether (sulfide) groups is 1. The maximum Gasteiger partial charge on any atom is 0.196 e. The summed E-state index contributed by atoms with van der Waals surface area (Å²) >= 11 is 1.41. The van der Waals surface area contributed by atoms with Gasteiger partial charge in [0.15, 0.2) is 5.16 Å². The van der Waals surface area contributed by atoms with Crippen LogP contribution in [0.2, 0.25) is 0 Å².